The Morgan fingerprint density at radius 3 is 2.83 bits per heavy atom. The van der Waals surface area contributed by atoms with Gasteiger partial charge in [-0.15, -0.1) is 0 Å². The lowest BCUT2D eigenvalue weighted by Crippen LogP contribution is -2.44. The van der Waals surface area contributed by atoms with E-state index < -0.39 is 12.1 Å². The molecule has 0 aliphatic heterocycles. The van der Waals surface area contributed by atoms with E-state index in [4.69, 9.17) is 0 Å². The Bertz CT molecular complexity index is 434. The molecule has 1 atom stereocenters. The van der Waals surface area contributed by atoms with Gasteiger partial charge >= 0.3 is 6.09 Å². The molecule has 1 aromatic rings. The molecule has 0 radical (unpaired) electrons. The molecule has 0 aromatic carbocycles. The van der Waals surface area contributed by atoms with Gasteiger partial charge in [-0.2, -0.15) is 0 Å². The molecule has 1 rings (SSSR count). The number of carbonyl (C=O) groups excluding carboxylic acids is 2. The quantitative estimate of drug-likeness (QED) is 0.827. The highest BCUT2D eigenvalue weighted by atomic mass is 16.5. The van der Waals surface area contributed by atoms with Crippen LogP contribution in [0.3, 0.4) is 0 Å². The summed E-state index contributed by atoms with van der Waals surface area (Å²) >= 11 is 0. The number of hydrogen-bond donors (Lipinski definition) is 2. The van der Waals surface area contributed by atoms with E-state index in [1.54, 1.807) is 13.1 Å². The summed E-state index contributed by atoms with van der Waals surface area (Å²) in [5.41, 5.74) is 1.85. The van der Waals surface area contributed by atoms with Crippen molar-refractivity contribution in [1.82, 2.24) is 15.6 Å². The van der Waals surface area contributed by atoms with Gasteiger partial charge in [0.25, 0.3) is 0 Å². The van der Waals surface area contributed by atoms with Crippen LogP contribution in [0.4, 0.5) is 4.79 Å². The van der Waals surface area contributed by atoms with Crippen molar-refractivity contribution in [2.75, 3.05) is 7.11 Å². The molecule has 18 heavy (non-hydrogen) atoms. The minimum atomic E-state index is -0.639. The molecule has 6 heteroatoms. The van der Waals surface area contributed by atoms with Gasteiger partial charge in [0.05, 0.1) is 7.11 Å². The molecule has 0 fully saturated rings. The monoisotopic (exact) mass is 251 g/mol. The zero-order valence-electron chi connectivity index (χ0n) is 10.7. The number of alkyl carbamates (subject to hydrolysis) is 1. The summed E-state index contributed by atoms with van der Waals surface area (Å²) in [7, 11) is 1.25. The molecule has 98 valence electrons. The van der Waals surface area contributed by atoms with Crippen molar-refractivity contribution in [3.8, 4) is 0 Å². The van der Waals surface area contributed by atoms with E-state index in [1.165, 1.54) is 7.11 Å². The fraction of sp³-hybridized carbons (Fsp3) is 0.417. The summed E-state index contributed by atoms with van der Waals surface area (Å²) in [6, 6.07) is 3.07. The Morgan fingerprint density at radius 2 is 2.22 bits per heavy atom. The third-order valence-corrected chi connectivity index (χ3v) is 2.34. The summed E-state index contributed by atoms with van der Waals surface area (Å²) in [6.07, 6.45) is 1.06. The van der Waals surface area contributed by atoms with Crippen molar-refractivity contribution >= 4 is 12.0 Å². The second-order valence-corrected chi connectivity index (χ2v) is 3.88. The Kier molecular flexibility index (Phi) is 5.10. The van der Waals surface area contributed by atoms with Gasteiger partial charge in [-0.1, -0.05) is 0 Å². The highest BCUT2D eigenvalue weighted by molar-refractivity contribution is 5.85. The first-order chi connectivity index (χ1) is 8.52. The minimum absolute atomic E-state index is 0.269. The third kappa shape index (κ3) is 4.40. The molecule has 0 saturated heterocycles. The highest BCUT2D eigenvalue weighted by Crippen LogP contribution is 2.00. The predicted octanol–water partition coefficient (Wildman–Crippen LogP) is 0.751. The van der Waals surface area contributed by atoms with Crippen LogP contribution < -0.4 is 10.6 Å². The van der Waals surface area contributed by atoms with Gasteiger partial charge < -0.3 is 15.4 Å². The second-order valence-electron chi connectivity index (χ2n) is 3.88. The fourth-order valence-electron chi connectivity index (χ4n) is 1.36. The summed E-state index contributed by atoms with van der Waals surface area (Å²) in [6.45, 7) is 3.87. The molecular formula is C12H17N3O3. The number of aryl methyl sites for hydroxylation is 1. The second kappa shape index (κ2) is 6.58. The normalized spacial score (nSPS) is 11.5. The third-order valence-electron chi connectivity index (χ3n) is 2.34. The van der Waals surface area contributed by atoms with Crippen molar-refractivity contribution in [3.63, 3.8) is 0 Å². The van der Waals surface area contributed by atoms with Crippen molar-refractivity contribution in [2.45, 2.75) is 26.4 Å². The zero-order valence-corrected chi connectivity index (χ0v) is 10.7. The highest BCUT2D eigenvalue weighted by Gasteiger charge is 2.14. The van der Waals surface area contributed by atoms with Crippen LogP contribution in [0.5, 0.6) is 0 Å². The molecule has 0 aliphatic carbocycles. The first kappa shape index (κ1) is 14.0. The number of carbonyl (C=O) groups is 2. The van der Waals surface area contributed by atoms with Gasteiger partial charge in [-0.05, 0) is 31.5 Å². The zero-order chi connectivity index (χ0) is 13.5. The molecule has 0 bridgehead atoms. The van der Waals surface area contributed by atoms with E-state index in [1.807, 2.05) is 19.1 Å². The Hall–Kier alpha value is -2.11. The van der Waals surface area contributed by atoms with Crippen LogP contribution in [0, 0.1) is 6.92 Å². The summed E-state index contributed by atoms with van der Waals surface area (Å²) in [5.74, 6) is -0.269. The van der Waals surface area contributed by atoms with Gasteiger partial charge in [0, 0.05) is 18.4 Å². The van der Waals surface area contributed by atoms with Gasteiger partial charge in [0.1, 0.15) is 6.04 Å². The van der Waals surface area contributed by atoms with Crippen molar-refractivity contribution in [2.24, 2.45) is 0 Å². The molecule has 0 unspecified atom stereocenters. The van der Waals surface area contributed by atoms with Crippen LogP contribution in [0.25, 0.3) is 0 Å². The smallest absolute Gasteiger partial charge is 0.407 e. The van der Waals surface area contributed by atoms with E-state index in [0.717, 1.165) is 11.3 Å². The van der Waals surface area contributed by atoms with E-state index in [-0.39, 0.29) is 5.91 Å². The molecule has 6 nitrogen and oxygen atoms in total. The summed E-state index contributed by atoms with van der Waals surface area (Å²) in [4.78, 5) is 26.6. The molecule has 0 aliphatic rings. The maximum Gasteiger partial charge on any atom is 0.407 e. The number of rotatable bonds is 4. The largest absolute Gasteiger partial charge is 0.453 e. The SMILES string of the molecule is COC(=O)N[C@H](C)C(=O)NCc1ccnc(C)c1. The van der Waals surface area contributed by atoms with E-state index in [0.29, 0.717) is 6.54 Å². The van der Waals surface area contributed by atoms with Crippen LogP contribution in [0.2, 0.25) is 0 Å². The molecule has 2 amide bonds. The van der Waals surface area contributed by atoms with E-state index in [9.17, 15) is 9.59 Å². The molecule has 0 spiro atoms. The van der Waals surface area contributed by atoms with Crippen LogP contribution in [0.15, 0.2) is 18.3 Å². The van der Waals surface area contributed by atoms with Gasteiger partial charge in [-0.3, -0.25) is 9.78 Å². The van der Waals surface area contributed by atoms with Gasteiger partial charge in [0.15, 0.2) is 0 Å². The maximum atomic E-state index is 11.7. The van der Waals surface area contributed by atoms with Crippen molar-refractivity contribution in [1.29, 1.82) is 0 Å². The number of aromatic nitrogens is 1. The van der Waals surface area contributed by atoms with Crippen molar-refractivity contribution in [3.05, 3.63) is 29.6 Å². The standard InChI is InChI=1S/C12H17N3O3/c1-8-6-10(4-5-13-8)7-14-11(16)9(2)15-12(17)18-3/h4-6,9H,7H2,1-3H3,(H,14,16)(H,15,17)/t9-/m1/s1. The average Bonchev–Trinajstić information content (AvgIpc) is 2.35. The van der Waals surface area contributed by atoms with Crippen molar-refractivity contribution < 1.29 is 14.3 Å². The maximum absolute atomic E-state index is 11.7. The van der Waals surface area contributed by atoms with E-state index >= 15 is 0 Å². The van der Waals surface area contributed by atoms with Gasteiger partial charge in [0.2, 0.25) is 5.91 Å². The number of amides is 2. The molecular weight excluding hydrogens is 234 g/mol. The molecule has 0 saturated carbocycles. The van der Waals surface area contributed by atoms with Crippen LogP contribution in [-0.4, -0.2) is 30.1 Å². The molecule has 2 N–H and O–H groups in total. The number of pyridine rings is 1. The minimum Gasteiger partial charge on any atom is -0.453 e. The number of nitrogens with one attached hydrogen (secondary N) is 2. The first-order valence-corrected chi connectivity index (χ1v) is 5.56. The Balaban J connectivity index is 2.43. The summed E-state index contributed by atoms with van der Waals surface area (Å²) < 4.78 is 4.41. The predicted molar refractivity (Wildman–Crippen MR) is 65.8 cm³/mol. The lowest BCUT2D eigenvalue weighted by molar-refractivity contribution is -0.122. The summed E-state index contributed by atoms with van der Waals surface area (Å²) in [5, 5.41) is 5.11. The number of methoxy groups -OCH3 is 1. The lowest BCUT2D eigenvalue weighted by atomic mass is 10.2. The molecule has 1 heterocycles. The topological polar surface area (TPSA) is 80.3 Å². The Morgan fingerprint density at radius 1 is 1.50 bits per heavy atom. The number of hydrogen-bond acceptors (Lipinski definition) is 4. The lowest BCUT2D eigenvalue weighted by Gasteiger charge is -2.13. The average molecular weight is 251 g/mol. The molecule has 1 aromatic heterocycles. The van der Waals surface area contributed by atoms with Crippen LogP contribution in [0.1, 0.15) is 18.2 Å². The van der Waals surface area contributed by atoms with E-state index in [2.05, 4.69) is 20.4 Å². The number of ether oxygens (including phenoxy) is 1. The first-order valence-electron chi connectivity index (χ1n) is 5.56. The van der Waals surface area contributed by atoms with Gasteiger partial charge in [-0.25, -0.2) is 4.79 Å². The Labute approximate surface area is 106 Å². The fourth-order valence-corrected chi connectivity index (χ4v) is 1.36. The van der Waals surface area contributed by atoms with Crippen LogP contribution >= 0.6 is 0 Å². The number of nitrogens with zero attached hydrogens (tertiary/aromatic N) is 1. The van der Waals surface area contributed by atoms with Crippen LogP contribution in [-0.2, 0) is 16.1 Å².